The van der Waals surface area contributed by atoms with E-state index in [0.29, 0.717) is 5.02 Å². The highest BCUT2D eigenvalue weighted by molar-refractivity contribution is 6.33. The first-order chi connectivity index (χ1) is 7.02. The molecule has 0 atom stereocenters. The molecular formula is C9H10ClN3O2. The Morgan fingerprint density at radius 1 is 1.60 bits per heavy atom. The normalized spacial score (nSPS) is 9.73. The number of halogens is 1. The second kappa shape index (κ2) is 4.75. The average molecular weight is 228 g/mol. The number of nitrogens with two attached hydrogens (primary N) is 1. The smallest absolute Gasteiger partial charge is 0.257 e. The van der Waals surface area contributed by atoms with Crippen molar-refractivity contribution in [3.63, 3.8) is 0 Å². The zero-order valence-corrected chi connectivity index (χ0v) is 8.86. The number of likely N-dealkylation sites (N-methyl/N-ethyl adjacent to an activating group) is 1. The van der Waals surface area contributed by atoms with Crippen molar-refractivity contribution in [3.05, 3.63) is 29.0 Å². The Bertz CT molecular complexity index is 395. The second-order valence-electron chi connectivity index (χ2n) is 2.98. The maximum absolute atomic E-state index is 11.7. The number of nitrogens with zero attached hydrogens (tertiary/aromatic N) is 2. The molecule has 0 spiro atoms. The summed E-state index contributed by atoms with van der Waals surface area (Å²) < 4.78 is 0. The molecule has 1 rings (SSSR count). The fourth-order valence-electron chi connectivity index (χ4n) is 1.05. The van der Waals surface area contributed by atoms with Gasteiger partial charge in [0.15, 0.2) is 0 Å². The van der Waals surface area contributed by atoms with Gasteiger partial charge in [-0.05, 0) is 6.07 Å². The molecule has 0 radical (unpaired) electrons. The molecule has 0 aromatic carbocycles. The molecule has 0 aliphatic carbocycles. The molecule has 1 aromatic heterocycles. The predicted molar refractivity (Wildman–Crippen MR) is 55.4 cm³/mol. The standard InChI is InChI=1S/C9H10ClN3O2/c1-13(5-8(11)14)9(15)6-4-12-3-2-7(6)10/h2-4H,5H2,1H3,(H2,11,14). The summed E-state index contributed by atoms with van der Waals surface area (Å²) in [6, 6.07) is 1.51. The van der Waals surface area contributed by atoms with Crippen LogP contribution in [0.2, 0.25) is 5.02 Å². The SMILES string of the molecule is CN(CC(N)=O)C(=O)c1cnccc1Cl. The van der Waals surface area contributed by atoms with Crippen molar-refractivity contribution in [1.29, 1.82) is 0 Å². The first-order valence-corrected chi connectivity index (χ1v) is 4.53. The molecule has 1 heterocycles. The molecule has 0 unspecified atom stereocenters. The van der Waals surface area contributed by atoms with Gasteiger partial charge < -0.3 is 10.6 Å². The number of hydrogen-bond acceptors (Lipinski definition) is 3. The first-order valence-electron chi connectivity index (χ1n) is 4.15. The molecule has 6 heteroatoms. The number of primary amides is 1. The number of aromatic nitrogens is 1. The summed E-state index contributed by atoms with van der Waals surface area (Å²) in [6.45, 7) is -0.149. The molecule has 0 bridgehead atoms. The number of pyridine rings is 1. The van der Waals surface area contributed by atoms with E-state index in [1.807, 2.05) is 0 Å². The molecule has 1 aromatic rings. The van der Waals surface area contributed by atoms with Crippen LogP contribution in [0.15, 0.2) is 18.5 Å². The fraction of sp³-hybridized carbons (Fsp3) is 0.222. The van der Waals surface area contributed by atoms with Gasteiger partial charge in [0.25, 0.3) is 5.91 Å². The molecule has 5 nitrogen and oxygen atoms in total. The molecule has 0 fully saturated rings. The van der Waals surface area contributed by atoms with E-state index in [1.165, 1.54) is 30.4 Å². The summed E-state index contributed by atoms with van der Waals surface area (Å²) in [5.41, 5.74) is 5.22. The molecule has 15 heavy (non-hydrogen) atoms. The van der Waals surface area contributed by atoms with Crippen molar-refractivity contribution in [1.82, 2.24) is 9.88 Å². The van der Waals surface area contributed by atoms with E-state index in [0.717, 1.165) is 0 Å². The lowest BCUT2D eigenvalue weighted by Crippen LogP contribution is -2.35. The minimum atomic E-state index is -0.578. The van der Waals surface area contributed by atoms with E-state index in [2.05, 4.69) is 4.98 Å². The van der Waals surface area contributed by atoms with Crippen molar-refractivity contribution in [2.75, 3.05) is 13.6 Å². The van der Waals surface area contributed by atoms with Gasteiger partial charge in [-0.15, -0.1) is 0 Å². The Hall–Kier alpha value is -1.62. The lowest BCUT2D eigenvalue weighted by atomic mass is 10.2. The molecule has 0 aliphatic heterocycles. The van der Waals surface area contributed by atoms with Crippen LogP contribution in [0, 0.1) is 0 Å². The first kappa shape index (κ1) is 11.5. The van der Waals surface area contributed by atoms with Crippen LogP contribution in [0.5, 0.6) is 0 Å². The van der Waals surface area contributed by atoms with E-state index >= 15 is 0 Å². The van der Waals surface area contributed by atoms with Gasteiger partial charge in [-0.2, -0.15) is 0 Å². The van der Waals surface area contributed by atoms with Gasteiger partial charge >= 0.3 is 0 Å². The Labute approximate surface area is 91.8 Å². The third-order valence-corrected chi connectivity index (χ3v) is 2.07. The van der Waals surface area contributed by atoms with Crippen LogP contribution >= 0.6 is 11.6 Å². The summed E-state index contributed by atoms with van der Waals surface area (Å²) in [4.78, 5) is 27.3. The largest absolute Gasteiger partial charge is 0.368 e. The van der Waals surface area contributed by atoms with E-state index in [4.69, 9.17) is 17.3 Å². The van der Waals surface area contributed by atoms with Crippen molar-refractivity contribution in [2.24, 2.45) is 5.73 Å². The number of hydrogen-bond donors (Lipinski definition) is 1. The highest BCUT2D eigenvalue weighted by Gasteiger charge is 2.16. The quantitative estimate of drug-likeness (QED) is 0.807. The number of carbonyl (C=O) groups excluding carboxylic acids is 2. The topological polar surface area (TPSA) is 76.3 Å². The van der Waals surface area contributed by atoms with E-state index in [9.17, 15) is 9.59 Å². The van der Waals surface area contributed by atoms with Crippen LogP contribution in [0.3, 0.4) is 0 Å². The maximum Gasteiger partial charge on any atom is 0.257 e. The van der Waals surface area contributed by atoms with E-state index in [-0.39, 0.29) is 18.0 Å². The molecule has 0 aliphatic rings. The third-order valence-electron chi connectivity index (χ3n) is 1.74. The van der Waals surface area contributed by atoms with E-state index in [1.54, 1.807) is 0 Å². The van der Waals surface area contributed by atoms with Crippen LogP contribution in [0.1, 0.15) is 10.4 Å². The minimum Gasteiger partial charge on any atom is -0.368 e. The van der Waals surface area contributed by atoms with Crippen molar-refractivity contribution >= 4 is 23.4 Å². The zero-order valence-electron chi connectivity index (χ0n) is 8.11. The van der Waals surface area contributed by atoms with Gasteiger partial charge in [-0.3, -0.25) is 14.6 Å². The summed E-state index contributed by atoms with van der Waals surface area (Å²) in [7, 11) is 1.47. The number of amides is 2. The zero-order chi connectivity index (χ0) is 11.4. The summed E-state index contributed by atoms with van der Waals surface area (Å²) >= 11 is 5.80. The number of rotatable bonds is 3. The molecule has 2 N–H and O–H groups in total. The Morgan fingerprint density at radius 3 is 2.80 bits per heavy atom. The predicted octanol–water partition coefficient (Wildman–Crippen LogP) is 0.292. The third kappa shape index (κ3) is 2.92. The minimum absolute atomic E-state index is 0.149. The second-order valence-corrected chi connectivity index (χ2v) is 3.39. The Kier molecular flexibility index (Phi) is 3.62. The van der Waals surface area contributed by atoms with Gasteiger partial charge in [-0.1, -0.05) is 11.6 Å². The molecular weight excluding hydrogens is 218 g/mol. The molecule has 80 valence electrons. The van der Waals surface area contributed by atoms with Crippen LogP contribution in [-0.4, -0.2) is 35.3 Å². The van der Waals surface area contributed by atoms with Crippen molar-refractivity contribution < 1.29 is 9.59 Å². The summed E-state index contributed by atoms with van der Waals surface area (Å²) in [5.74, 6) is -0.960. The summed E-state index contributed by atoms with van der Waals surface area (Å²) in [5, 5.41) is 0.298. The molecule has 0 saturated heterocycles. The average Bonchev–Trinajstić information content (AvgIpc) is 2.16. The van der Waals surface area contributed by atoms with Gasteiger partial charge in [0.05, 0.1) is 17.1 Å². The van der Waals surface area contributed by atoms with Gasteiger partial charge in [0, 0.05) is 19.4 Å². The van der Waals surface area contributed by atoms with Crippen molar-refractivity contribution in [2.45, 2.75) is 0 Å². The highest BCUT2D eigenvalue weighted by Crippen LogP contribution is 2.14. The Balaban J connectivity index is 2.85. The van der Waals surface area contributed by atoms with Crippen molar-refractivity contribution in [3.8, 4) is 0 Å². The van der Waals surface area contributed by atoms with Crippen LogP contribution in [0.4, 0.5) is 0 Å². The fourth-order valence-corrected chi connectivity index (χ4v) is 1.23. The lowest BCUT2D eigenvalue weighted by Gasteiger charge is -2.15. The van der Waals surface area contributed by atoms with Crippen LogP contribution in [0.25, 0.3) is 0 Å². The van der Waals surface area contributed by atoms with Gasteiger partial charge in [0.2, 0.25) is 5.91 Å². The maximum atomic E-state index is 11.7. The van der Waals surface area contributed by atoms with E-state index < -0.39 is 5.91 Å². The lowest BCUT2D eigenvalue weighted by molar-refractivity contribution is -0.118. The van der Waals surface area contributed by atoms with Crippen LogP contribution in [-0.2, 0) is 4.79 Å². The molecule has 2 amide bonds. The molecule has 0 saturated carbocycles. The monoisotopic (exact) mass is 227 g/mol. The number of carbonyl (C=O) groups is 2. The summed E-state index contributed by atoms with van der Waals surface area (Å²) in [6.07, 6.45) is 2.83. The Morgan fingerprint density at radius 2 is 2.27 bits per heavy atom. The highest BCUT2D eigenvalue weighted by atomic mass is 35.5. The van der Waals surface area contributed by atoms with Crippen LogP contribution < -0.4 is 5.73 Å². The van der Waals surface area contributed by atoms with Gasteiger partial charge in [0.1, 0.15) is 0 Å². The van der Waals surface area contributed by atoms with Gasteiger partial charge in [-0.25, -0.2) is 0 Å².